The van der Waals surface area contributed by atoms with Gasteiger partial charge in [-0.25, -0.2) is 0 Å². The lowest BCUT2D eigenvalue weighted by atomic mass is 10.1. The molecule has 24 heavy (non-hydrogen) atoms. The number of nitrogen functional groups attached to an aromatic ring is 1. The molecule has 0 spiro atoms. The minimum atomic E-state index is -0.0299. The molecule has 2 aromatic rings. The van der Waals surface area contributed by atoms with Crippen LogP contribution in [-0.4, -0.2) is 48.1 Å². The number of benzene rings is 1. The van der Waals surface area contributed by atoms with Gasteiger partial charge in [0.05, 0.1) is 13.2 Å². The third-order valence-corrected chi connectivity index (χ3v) is 4.25. The molecule has 0 aliphatic heterocycles. The third-order valence-electron chi connectivity index (χ3n) is 3.76. The van der Waals surface area contributed by atoms with Gasteiger partial charge < -0.3 is 15.4 Å². The van der Waals surface area contributed by atoms with Crippen molar-refractivity contribution in [2.24, 2.45) is 0 Å². The van der Waals surface area contributed by atoms with Gasteiger partial charge in [-0.05, 0) is 32.2 Å². The maximum Gasteiger partial charge on any atom is 0.229 e. The summed E-state index contributed by atoms with van der Waals surface area (Å²) in [4.78, 5) is 16.9. The number of hydrogen-bond donors (Lipinski definition) is 1. The molecule has 1 aromatic carbocycles. The predicted octanol–water partition coefficient (Wildman–Crippen LogP) is 2.48. The number of rotatable bonds is 6. The van der Waals surface area contributed by atoms with Crippen LogP contribution in [0.1, 0.15) is 24.4 Å². The lowest BCUT2D eigenvalue weighted by Gasteiger charge is -2.25. The number of halogens is 1. The van der Waals surface area contributed by atoms with Crippen LogP contribution in [0.2, 0.25) is 0 Å². The first kappa shape index (κ1) is 18.4. The molecule has 2 N–H and O–H groups in total. The van der Waals surface area contributed by atoms with Gasteiger partial charge in [0.1, 0.15) is 5.75 Å². The summed E-state index contributed by atoms with van der Waals surface area (Å²) in [6, 6.07) is 5.93. The Morgan fingerprint density at radius 1 is 1.21 bits per heavy atom. The first-order valence-electron chi connectivity index (χ1n) is 7.53. The fourth-order valence-corrected chi connectivity index (χ4v) is 2.67. The van der Waals surface area contributed by atoms with E-state index < -0.39 is 0 Å². The summed E-state index contributed by atoms with van der Waals surface area (Å²) in [6.07, 6.45) is 0. The fourth-order valence-electron chi connectivity index (χ4n) is 2.26. The summed E-state index contributed by atoms with van der Waals surface area (Å²) in [5.41, 5.74) is 6.90. The van der Waals surface area contributed by atoms with E-state index in [2.05, 4.69) is 41.8 Å². The zero-order chi connectivity index (χ0) is 17.9. The summed E-state index contributed by atoms with van der Waals surface area (Å²) in [5.74, 6) is 2.27. The Morgan fingerprint density at radius 3 is 2.54 bits per heavy atom. The molecule has 2 rings (SSSR count). The van der Waals surface area contributed by atoms with E-state index in [0.717, 1.165) is 15.8 Å². The summed E-state index contributed by atoms with van der Waals surface area (Å²) in [6.45, 7) is 2.73. The number of aromatic nitrogens is 3. The molecular weight excluding hydrogens is 372 g/mol. The van der Waals surface area contributed by atoms with Crippen molar-refractivity contribution in [3.63, 3.8) is 0 Å². The van der Waals surface area contributed by atoms with E-state index in [4.69, 9.17) is 10.5 Å². The van der Waals surface area contributed by atoms with E-state index in [9.17, 15) is 0 Å². The Morgan fingerprint density at radius 2 is 1.92 bits per heavy atom. The number of anilines is 2. The molecule has 130 valence electrons. The highest BCUT2D eigenvalue weighted by Gasteiger charge is 2.19. The van der Waals surface area contributed by atoms with E-state index in [-0.39, 0.29) is 12.0 Å². The lowest BCUT2D eigenvalue weighted by Crippen LogP contribution is -2.25. The van der Waals surface area contributed by atoms with Crippen LogP contribution in [0, 0.1) is 0 Å². The van der Waals surface area contributed by atoms with E-state index in [1.54, 1.807) is 7.11 Å². The Bertz CT molecular complexity index is 709. The van der Waals surface area contributed by atoms with Gasteiger partial charge in [0.15, 0.2) is 5.82 Å². The summed E-state index contributed by atoms with van der Waals surface area (Å²) < 4.78 is 6.45. The van der Waals surface area contributed by atoms with E-state index in [0.29, 0.717) is 18.3 Å². The van der Waals surface area contributed by atoms with Crippen LogP contribution >= 0.6 is 15.9 Å². The van der Waals surface area contributed by atoms with Crippen LogP contribution in [0.3, 0.4) is 0 Å². The summed E-state index contributed by atoms with van der Waals surface area (Å²) in [7, 11) is 7.44. The second-order valence-electron chi connectivity index (χ2n) is 5.79. The monoisotopic (exact) mass is 394 g/mol. The van der Waals surface area contributed by atoms with Crippen molar-refractivity contribution < 1.29 is 4.74 Å². The zero-order valence-corrected chi connectivity index (χ0v) is 16.2. The van der Waals surface area contributed by atoms with Gasteiger partial charge >= 0.3 is 0 Å². The van der Waals surface area contributed by atoms with Crippen LogP contribution in [0.4, 0.5) is 11.9 Å². The van der Waals surface area contributed by atoms with Gasteiger partial charge in [-0.1, -0.05) is 15.9 Å². The average Bonchev–Trinajstić information content (AvgIpc) is 2.53. The molecule has 0 fully saturated rings. The molecule has 7 nitrogen and oxygen atoms in total. The molecule has 0 radical (unpaired) electrons. The van der Waals surface area contributed by atoms with E-state index >= 15 is 0 Å². The van der Waals surface area contributed by atoms with Crippen LogP contribution in [0.25, 0.3) is 0 Å². The molecule has 1 heterocycles. The molecule has 0 saturated heterocycles. The van der Waals surface area contributed by atoms with Crippen molar-refractivity contribution in [3.05, 3.63) is 34.1 Å². The highest BCUT2D eigenvalue weighted by molar-refractivity contribution is 9.10. The second kappa shape index (κ2) is 7.76. The highest BCUT2D eigenvalue weighted by Crippen LogP contribution is 2.27. The van der Waals surface area contributed by atoms with Gasteiger partial charge in [-0.3, -0.25) is 4.90 Å². The molecular formula is C16H23BrN6O. The van der Waals surface area contributed by atoms with E-state index in [1.165, 1.54) is 0 Å². The van der Waals surface area contributed by atoms with Crippen LogP contribution in [0.15, 0.2) is 22.7 Å². The molecule has 0 aliphatic rings. The number of ether oxygens (including phenoxy) is 1. The topological polar surface area (TPSA) is 80.4 Å². The third kappa shape index (κ3) is 4.33. The molecule has 0 aliphatic carbocycles. The molecule has 0 unspecified atom stereocenters. The van der Waals surface area contributed by atoms with Gasteiger partial charge in [-0.2, -0.15) is 15.0 Å². The van der Waals surface area contributed by atoms with Crippen molar-refractivity contribution in [2.75, 3.05) is 38.9 Å². The molecule has 0 bridgehead atoms. The SMILES string of the molecule is COc1ccc(Br)cc1CN(C)[C@@H](C)c1nc(N)nc(N(C)C)n1. The minimum absolute atomic E-state index is 0.0299. The van der Waals surface area contributed by atoms with Gasteiger partial charge in [0, 0.05) is 30.7 Å². The van der Waals surface area contributed by atoms with Crippen molar-refractivity contribution in [1.82, 2.24) is 19.9 Å². The summed E-state index contributed by atoms with van der Waals surface area (Å²) in [5, 5.41) is 0. The van der Waals surface area contributed by atoms with Gasteiger partial charge in [0.25, 0.3) is 0 Å². The zero-order valence-electron chi connectivity index (χ0n) is 14.6. The molecule has 1 aromatic heterocycles. The Kier molecular flexibility index (Phi) is 5.95. The molecule has 8 heteroatoms. The average molecular weight is 395 g/mol. The summed E-state index contributed by atoms with van der Waals surface area (Å²) >= 11 is 3.50. The van der Waals surface area contributed by atoms with Gasteiger partial charge in [-0.15, -0.1) is 0 Å². The van der Waals surface area contributed by atoms with Crippen molar-refractivity contribution in [1.29, 1.82) is 0 Å². The Labute approximate surface area is 151 Å². The normalized spacial score (nSPS) is 12.3. The van der Waals surface area contributed by atoms with Crippen LogP contribution < -0.4 is 15.4 Å². The van der Waals surface area contributed by atoms with Crippen molar-refractivity contribution in [3.8, 4) is 5.75 Å². The number of nitrogens with two attached hydrogens (primary N) is 1. The molecule has 1 atom stereocenters. The van der Waals surface area contributed by atoms with E-state index in [1.807, 2.05) is 45.1 Å². The number of nitrogens with zero attached hydrogens (tertiary/aromatic N) is 5. The lowest BCUT2D eigenvalue weighted by molar-refractivity contribution is 0.240. The maximum atomic E-state index is 5.82. The number of hydrogen-bond acceptors (Lipinski definition) is 7. The van der Waals surface area contributed by atoms with Crippen molar-refractivity contribution >= 4 is 27.8 Å². The largest absolute Gasteiger partial charge is 0.496 e. The smallest absolute Gasteiger partial charge is 0.229 e. The fraction of sp³-hybridized carbons (Fsp3) is 0.438. The Hall–Kier alpha value is -1.93. The second-order valence-corrected chi connectivity index (χ2v) is 6.71. The number of methoxy groups -OCH3 is 1. The quantitative estimate of drug-likeness (QED) is 0.805. The van der Waals surface area contributed by atoms with Gasteiger partial charge in [0.2, 0.25) is 11.9 Å². The maximum absolute atomic E-state index is 5.82. The Balaban J connectivity index is 2.24. The molecule has 0 amide bonds. The minimum Gasteiger partial charge on any atom is -0.496 e. The first-order valence-corrected chi connectivity index (χ1v) is 8.32. The van der Waals surface area contributed by atoms with Crippen LogP contribution in [0.5, 0.6) is 5.75 Å². The first-order chi connectivity index (χ1) is 11.3. The van der Waals surface area contributed by atoms with Crippen molar-refractivity contribution in [2.45, 2.75) is 19.5 Å². The molecule has 0 saturated carbocycles. The standard InChI is InChI=1S/C16H23BrN6O/c1-10(14-19-15(18)21-16(20-14)22(2)3)23(4)9-11-8-12(17)6-7-13(11)24-5/h6-8,10H,9H2,1-5H3,(H2,18,19,20,21)/t10-/m0/s1. The highest BCUT2D eigenvalue weighted by atomic mass is 79.9. The predicted molar refractivity (Wildman–Crippen MR) is 99.1 cm³/mol. The van der Waals surface area contributed by atoms with Crippen LogP contribution in [-0.2, 0) is 6.54 Å².